The van der Waals surface area contributed by atoms with Gasteiger partial charge in [-0.3, -0.25) is 24.5 Å². The summed E-state index contributed by atoms with van der Waals surface area (Å²) < 4.78 is 4.78. The minimum absolute atomic E-state index is 0.0187. The van der Waals surface area contributed by atoms with Crippen molar-refractivity contribution < 1.29 is 33.9 Å². The molecule has 0 aliphatic heterocycles. The number of carboxylic acids is 1. The molecule has 0 bridgehead atoms. The van der Waals surface area contributed by atoms with E-state index in [1.165, 1.54) is 12.1 Å². The van der Waals surface area contributed by atoms with Crippen molar-refractivity contribution in [2.75, 3.05) is 13.1 Å². The average molecular weight is 325 g/mol. The number of nitro groups is 1. The topological polar surface area (TPSA) is 165 Å². The van der Waals surface area contributed by atoms with E-state index < -0.39 is 41.8 Å². The Morgan fingerprint density at radius 1 is 1.04 bits per heavy atom. The van der Waals surface area contributed by atoms with Gasteiger partial charge in [-0.1, -0.05) is 0 Å². The number of carbonyl (C=O) groups excluding carboxylic acids is 3. The Morgan fingerprint density at radius 2 is 1.57 bits per heavy atom. The highest BCUT2D eigenvalue weighted by molar-refractivity contribution is 6.35. The lowest BCUT2D eigenvalue weighted by molar-refractivity contribution is -0.384. The molecule has 0 radical (unpaired) electrons. The van der Waals surface area contributed by atoms with Crippen molar-refractivity contribution in [2.45, 2.75) is 0 Å². The van der Waals surface area contributed by atoms with E-state index >= 15 is 0 Å². The third-order valence-electron chi connectivity index (χ3n) is 2.28. The lowest BCUT2D eigenvalue weighted by Crippen LogP contribution is -2.44. The van der Waals surface area contributed by atoms with Crippen LogP contribution in [0.2, 0.25) is 0 Å². The predicted molar refractivity (Wildman–Crippen MR) is 72.4 cm³/mol. The summed E-state index contributed by atoms with van der Waals surface area (Å²) in [5.41, 5.74) is -0.187. The number of rotatable bonds is 6. The number of benzene rings is 1. The predicted octanol–water partition coefficient (Wildman–Crippen LogP) is -1.18. The standard InChI is InChI=1S/C12H11N3O8/c16-9(17)5-13-11(19)12(20)14-6-10(18)23-8-3-1-7(2-4-8)15(21)22/h1-4H,5-6H2,(H,13,19)(H,14,20)(H,16,17). The normalized spacial score (nSPS) is 9.57. The maximum atomic E-state index is 11.4. The molecule has 1 aromatic rings. The molecule has 0 heterocycles. The number of hydrogen-bond acceptors (Lipinski definition) is 7. The Kier molecular flexibility index (Phi) is 6.16. The fourth-order valence-electron chi connectivity index (χ4n) is 1.27. The molecule has 3 N–H and O–H groups in total. The van der Waals surface area contributed by atoms with Crippen LogP contribution in [0.15, 0.2) is 24.3 Å². The first-order valence-electron chi connectivity index (χ1n) is 6.02. The van der Waals surface area contributed by atoms with Gasteiger partial charge in [-0.2, -0.15) is 0 Å². The van der Waals surface area contributed by atoms with Crippen molar-refractivity contribution in [3.63, 3.8) is 0 Å². The van der Waals surface area contributed by atoms with Crippen LogP contribution in [0.3, 0.4) is 0 Å². The van der Waals surface area contributed by atoms with Gasteiger partial charge in [-0.05, 0) is 12.1 Å². The number of hydrogen-bond donors (Lipinski definition) is 3. The number of non-ortho nitro benzene ring substituents is 1. The molecule has 1 aromatic carbocycles. The second-order valence-corrected chi connectivity index (χ2v) is 3.98. The van der Waals surface area contributed by atoms with Gasteiger partial charge in [0, 0.05) is 12.1 Å². The highest BCUT2D eigenvalue weighted by atomic mass is 16.6. The van der Waals surface area contributed by atoms with Gasteiger partial charge in [0.1, 0.15) is 18.8 Å². The quantitative estimate of drug-likeness (QED) is 0.193. The van der Waals surface area contributed by atoms with Gasteiger partial charge in [0.15, 0.2) is 0 Å². The van der Waals surface area contributed by atoms with Gasteiger partial charge < -0.3 is 20.5 Å². The minimum atomic E-state index is -1.33. The Hall–Kier alpha value is -3.50. The fraction of sp³-hybridized carbons (Fsp3) is 0.167. The van der Waals surface area contributed by atoms with E-state index in [4.69, 9.17) is 9.84 Å². The van der Waals surface area contributed by atoms with Crippen molar-refractivity contribution in [1.29, 1.82) is 0 Å². The molecular formula is C12H11N3O8. The maximum absolute atomic E-state index is 11.4. The molecule has 0 spiro atoms. The van der Waals surface area contributed by atoms with Crippen molar-refractivity contribution in [3.8, 4) is 5.75 Å². The summed E-state index contributed by atoms with van der Waals surface area (Å²) in [6, 6.07) is 4.63. The highest BCUT2D eigenvalue weighted by Crippen LogP contribution is 2.17. The second kappa shape index (κ2) is 8.07. The summed E-state index contributed by atoms with van der Waals surface area (Å²) >= 11 is 0. The summed E-state index contributed by atoms with van der Waals surface area (Å²) in [6.45, 7) is -1.38. The Bertz CT molecular complexity index is 640. The van der Waals surface area contributed by atoms with E-state index in [1.54, 1.807) is 5.32 Å². The Morgan fingerprint density at radius 3 is 2.04 bits per heavy atom. The van der Waals surface area contributed by atoms with E-state index in [2.05, 4.69) is 0 Å². The number of carbonyl (C=O) groups is 4. The zero-order chi connectivity index (χ0) is 17.4. The second-order valence-electron chi connectivity index (χ2n) is 3.98. The number of nitrogens with one attached hydrogen (secondary N) is 2. The summed E-state index contributed by atoms with van der Waals surface area (Å²) in [4.78, 5) is 53.8. The lowest BCUT2D eigenvalue weighted by Gasteiger charge is -2.06. The molecule has 122 valence electrons. The first-order valence-corrected chi connectivity index (χ1v) is 6.02. The third kappa shape index (κ3) is 6.20. The minimum Gasteiger partial charge on any atom is -0.480 e. The van der Waals surface area contributed by atoms with Crippen LogP contribution in [-0.4, -0.2) is 46.9 Å². The van der Waals surface area contributed by atoms with Crippen molar-refractivity contribution >= 4 is 29.4 Å². The van der Waals surface area contributed by atoms with E-state index in [9.17, 15) is 29.3 Å². The highest BCUT2D eigenvalue weighted by Gasteiger charge is 2.16. The lowest BCUT2D eigenvalue weighted by atomic mass is 10.3. The number of ether oxygens (including phenoxy) is 1. The van der Waals surface area contributed by atoms with E-state index in [0.717, 1.165) is 12.1 Å². The molecule has 0 saturated carbocycles. The molecule has 0 aliphatic carbocycles. The van der Waals surface area contributed by atoms with Crippen LogP contribution in [0.5, 0.6) is 5.75 Å². The largest absolute Gasteiger partial charge is 0.480 e. The molecule has 0 fully saturated rings. The van der Waals surface area contributed by atoms with Gasteiger partial charge >= 0.3 is 23.8 Å². The monoisotopic (exact) mass is 325 g/mol. The number of carboxylic acid groups (broad SMARTS) is 1. The molecule has 23 heavy (non-hydrogen) atoms. The van der Waals surface area contributed by atoms with E-state index in [-0.39, 0.29) is 11.4 Å². The van der Waals surface area contributed by atoms with Gasteiger partial charge in [0.2, 0.25) is 0 Å². The number of esters is 1. The van der Waals surface area contributed by atoms with Crippen molar-refractivity contribution in [3.05, 3.63) is 34.4 Å². The number of aliphatic carboxylic acids is 1. The Balaban J connectivity index is 2.41. The van der Waals surface area contributed by atoms with Gasteiger partial charge in [-0.25, -0.2) is 4.79 Å². The van der Waals surface area contributed by atoms with Crippen molar-refractivity contribution in [2.24, 2.45) is 0 Å². The first-order chi connectivity index (χ1) is 10.8. The maximum Gasteiger partial charge on any atom is 0.330 e. The van der Waals surface area contributed by atoms with Crippen LogP contribution in [-0.2, 0) is 19.2 Å². The SMILES string of the molecule is O=C(O)CNC(=O)C(=O)NCC(=O)Oc1ccc([N+](=O)[O-])cc1. The molecule has 1 rings (SSSR count). The summed E-state index contributed by atoms with van der Waals surface area (Å²) in [5, 5.41) is 22.5. The summed E-state index contributed by atoms with van der Waals surface area (Å²) in [6.07, 6.45) is 0. The summed E-state index contributed by atoms with van der Waals surface area (Å²) in [5.74, 6) is -4.64. The zero-order valence-electron chi connectivity index (χ0n) is 11.5. The third-order valence-corrected chi connectivity index (χ3v) is 2.28. The van der Waals surface area contributed by atoms with Crippen LogP contribution in [0, 0.1) is 10.1 Å². The molecule has 2 amide bonds. The van der Waals surface area contributed by atoms with Crippen molar-refractivity contribution in [1.82, 2.24) is 10.6 Å². The van der Waals surface area contributed by atoms with E-state index in [1.807, 2.05) is 5.32 Å². The van der Waals surface area contributed by atoms with Gasteiger partial charge in [0.25, 0.3) is 5.69 Å². The van der Waals surface area contributed by atoms with Gasteiger partial charge in [-0.15, -0.1) is 0 Å². The molecule has 0 unspecified atom stereocenters. The first kappa shape index (κ1) is 17.6. The molecular weight excluding hydrogens is 314 g/mol. The Labute approximate surface area is 128 Å². The fourth-order valence-corrected chi connectivity index (χ4v) is 1.27. The molecule has 11 heteroatoms. The van der Waals surface area contributed by atoms with Crippen LogP contribution in [0.1, 0.15) is 0 Å². The summed E-state index contributed by atoms with van der Waals surface area (Å²) in [7, 11) is 0. The zero-order valence-corrected chi connectivity index (χ0v) is 11.5. The molecule has 0 aromatic heterocycles. The molecule has 11 nitrogen and oxygen atoms in total. The molecule has 0 aliphatic rings. The van der Waals surface area contributed by atoms with E-state index in [0.29, 0.717) is 0 Å². The van der Waals surface area contributed by atoms with Crippen LogP contribution in [0.25, 0.3) is 0 Å². The van der Waals surface area contributed by atoms with Crippen LogP contribution >= 0.6 is 0 Å². The molecule has 0 saturated heterocycles. The van der Waals surface area contributed by atoms with Gasteiger partial charge in [0.05, 0.1) is 4.92 Å². The molecule has 0 atom stereocenters. The number of nitrogens with zero attached hydrogens (tertiary/aromatic N) is 1. The van der Waals surface area contributed by atoms with Crippen LogP contribution < -0.4 is 15.4 Å². The number of nitro benzene ring substituents is 1. The smallest absolute Gasteiger partial charge is 0.330 e. The number of amides is 2. The van der Waals surface area contributed by atoms with Crippen LogP contribution in [0.4, 0.5) is 5.69 Å². The average Bonchev–Trinajstić information content (AvgIpc) is 2.50.